The number of hydrazone groups is 1. The molecule has 5 nitrogen and oxygen atoms in total. The zero-order valence-corrected chi connectivity index (χ0v) is 13.0. The van der Waals surface area contributed by atoms with Crippen molar-refractivity contribution in [1.29, 1.82) is 0 Å². The summed E-state index contributed by atoms with van der Waals surface area (Å²) in [5, 5.41) is 4.77. The fourth-order valence-corrected chi connectivity index (χ4v) is 2.30. The van der Waals surface area contributed by atoms with Gasteiger partial charge < -0.3 is 5.73 Å². The Hall–Kier alpha value is -2.44. The predicted octanol–water partition coefficient (Wildman–Crippen LogP) is 2.82. The van der Waals surface area contributed by atoms with Gasteiger partial charge in [0.2, 0.25) is 0 Å². The minimum Gasteiger partial charge on any atom is -0.375 e. The fourth-order valence-electron chi connectivity index (χ4n) is 2.12. The van der Waals surface area contributed by atoms with Crippen LogP contribution in [0.3, 0.4) is 0 Å². The number of rotatable bonds is 3. The van der Waals surface area contributed by atoms with E-state index in [0.29, 0.717) is 10.7 Å². The van der Waals surface area contributed by atoms with Gasteiger partial charge in [0.1, 0.15) is 11.5 Å². The topological polar surface area (TPSA) is 67.7 Å². The number of nitrogens with zero attached hydrogens (tertiary/aromatic N) is 3. The van der Waals surface area contributed by atoms with Crippen LogP contribution in [0.5, 0.6) is 0 Å². The number of aromatic nitrogens is 2. The molecule has 7 heteroatoms. The van der Waals surface area contributed by atoms with E-state index < -0.39 is 0 Å². The Kier molecular flexibility index (Phi) is 4.04. The smallest absolute Gasteiger partial charge is 0.184 e. The monoisotopic (exact) mass is 329 g/mol. The zero-order chi connectivity index (χ0) is 15.5. The Balaban J connectivity index is 2.09. The molecule has 22 heavy (non-hydrogen) atoms. The van der Waals surface area contributed by atoms with Crippen molar-refractivity contribution in [2.24, 2.45) is 10.8 Å². The summed E-state index contributed by atoms with van der Waals surface area (Å²) in [6.07, 6.45) is 3.54. The number of imidazole rings is 1. The summed E-state index contributed by atoms with van der Waals surface area (Å²) >= 11 is 10.7. The van der Waals surface area contributed by atoms with Gasteiger partial charge in [-0.15, -0.1) is 0 Å². The quantitative estimate of drug-likeness (QED) is 0.440. The van der Waals surface area contributed by atoms with Crippen LogP contribution >= 0.6 is 23.8 Å². The minimum absolute atomic E-state index is 0.109. The maximum absolute atomic E-state index is 5.94. The average molecular weight is 330 g/mol. The van der Waals surface area contributed by atoms with Crippen molar-refractivity contribution in [3.05, 3.63) is 59.4 Å². The number of pyridine rings is 1. The summed E-state index contributed by atoms with van der Waals surface area (Å²) < 4.78 is 1.99. The molecule has 0 saturated carbocycles. The molecule has 3 rings (SSSR count). The standard InChI is InChI=1S/C15H12ClN5S/c16-11-6-4-10(5-7-11)14-19-12(9-18-20-15(17)22)13-3-1-2-8-21(13)14/h1-9H,(H3,17,20,22). The number of thiocarbonyl (C=S) groups is 1. The van der Waals surface area contributed by atoms with Crippen molar-refractivity contribution >= 4 is 40.7 Å². The average Bonchev–Trinajstić information content (AvgIpc) is 2.87. The van der Waals surface area contributed by atoms with Crippen LogP contribution < -0.4 is 11.2 Å². The Morgan fingerprint density at radius 2 is 2.05 bits per heavy atom. The first-order valence-corrected chi connectivity index (χ1v) is 7.25. The summed E-state index contributed by atoms with van der Waals surface area (Å²) in [5.41, 5.74) is 10.5. The van der Waals surface area contributed by atoms with Gasteiger partial charge in [0.05, 0.1) is 11.7 Å². The van der Waals surface area contributed by atoms with Gasteiger partial charge in [-0.2, -0.15) is 5.10 Å². The van der Waals surface area contributed by atoms with Gasteiger partial charge in [-0.25, -0.2) is 4.98 Å². The maximum Gasteiger partial charge on any atom is 0.184 e. The number of hydrogen-bond donors (Lipinski definition) is 2. The minimum atomic E-state index is 0.109. The van der Waals surface area contributed by atoms with E-state index in [0.717, 1.165) is 16.9 Å². The number of halogens is 1. The first-order chi connectivity index (χ1) is 10.6. The lowest BCUT2D eigenvalue weighted by molar-refractivity contribution is 1.04. The van der Waals surface area contributed by atoms with E-state index in [4.69, 9.17) is 29.6 Å². The number of hydrogen-bond acceptors (Lipinski definition) is 3. The molecule has 0 aliphatic heterocycles. The molecule has 0 bridgehead atoms. The second-order valence-corrected chi connectivity index (χ2v) is 5.39. The van der Waals surface area contributed by atoms with Gasteiger partial charge in [-0.3, -0.25) is 9.83 Å². The van der Waals surface area contributed by atoms with Gasteiger partial charge in [-0.05, 0) is 48.6 Å². The lowest BCUT2D eigenvalue weighted by Gasteiger charge is -2.00. The summed E-state index contributed by atoms with van der Waals surface area (Å²) in [5.74, 6) is 0.809. The number of fused-ring (bicyclic) bond motifs is 1. The van der Waals surface area contributed by atoms with Crippen LogP contribution in [-0.2, 0) is 0 Å². The highest BCUT2D eigenvalue weighted by Crippen LogP contribution is 2.23. The highest BCUT2D eigenvalue weighted by molar-refractivity contribution is 7.80. The largest absolute Gasteiger partial charge is 0.375 e. The fraction of sp³-hybridized carbons (Fsp3) is 0. The van der Waals surface area contributed by atoms with Gasteiger partial charge in [0.15, 0.2) is 5.11 Å². The van der Waals surface area contributed by atoms with Crippen LogP contribution in [-0.4, -0.2) is 20.7 Å². The van der Waals surface area contributed by atoms with Crippen molar-refractivity contribution in [2.45, 2.75) is 0 Å². The van der Waals surface area contributed by atoms with E-state index in [2.05, 4.69) is 15.5 Å². The third kappa shape index (κ3) is 2.93. The highest BCUT2D eigenvalue weighted by Gasteiger charge is 2.10. The molecule has 2 heterocycles. The van der Waals surface area contributed by atoms with Gasteiger partial charge >= 0.3 is 0 Å². The Bertz CT molecular complexity index is 854. The molecule has 0 aliphatic carbocycles. The van der Waals surface area contributed by atoms with E-state index in [-0.39, 0.29) is 5.11 Å². The van der Waals surface area contributed by atoms with Crippen molar-refractivity contribution in [3.8, 4) is 11.4 Å². The molecule has 3 N–H and O–H groups in total. The first kappa shape index (κ1) is 14.5. The highest BCUT2D eigenvalue weighted by atomic mass is 35.5. The molecule has 2 aromatic heterocycles. The number of nitrogens with two attached hydrogens (primary N) is 1. The predicted molar refractivity (Wildman–Crippen MR) is 93.2 cm³/mol. The van der Waals surface area contributed by atoms with E-state index in [1.807, 2.05) is 53.1 Å². The first-order valence-electron chi connectivity index (χ1n) is 6.46. The molecule has 0 radical (unpaired) electrons. The molecule has 0 unspecified atom stereocenters. The van der Waals surface area contributed by atoms with Crippen LogP contribution in [0.15, 0.2) is 53.8 Å². The Morgan fingerprint density at radius 1 is 1.27 bits per heavy atom. The molecule has 110 valence electrons. The molecular weight excluding hydrogens is 318 g/mol. The van der Waals surface area contributed by atoms with Gasteiger partial charge in [0, 0.05) is 16.8 Å². The summed E-state index contributed by atoms with van der Waals surface area (Å²) in [7, 11) is 0. The third-order valence-corrected chi connectivity index (χ3v) is 3.38. The van der Waals surface area contributed by atoms with Crippen molar-refractivity contribution < 1.29 is 0 Å². The van der Waals surface area contributed by atoms with E-state index in [1.54, 1.807) is 6.21 Å². The summed E-state index contributed by atoms with van der Waals surface area (Å²) in [6.45, 7) is 0. The van der Waals surface area contributed by atoms with Crippen molar-refractivity contribution in [1.82, 2.24) is 14.8 Å². The molecular formula is C15H12ClN5S. The second-order valence-electron chi connectivity index (χ2n) is 4.52. The van der Waals surface area contributed by atoms with E-state index in [9.17, 15) is 0 Å². The normalized spacial score (nSPS) is 11.1. The Labute approximate surface area is 137 Å². The second kappa shape index (κ2) is 6.13. The van der Waals surface area contributed by atoms with Crippen molar-refractivity contribution in [3.63, 3.8) is 0 Å². The van der Waals surface area contributed by atoms with Crippen molar-refractivity contribution in [2.75, 3.05) is 0 Å². The number of nitrogens with one attached hydrogen (secondary N) is 1. The molecule has 0 spiro atoms. The zero-order valence-electron chi connectivity index (χ0n) is 11.4. The van der Waals surface area contributed by atoms with Crippen LogP contribution in [0, 0.1) is 0 Å². The summed E-state index contributed by atoms with van der Waals surface area (Å²) in [6, 6.07) is 13.4. The SMILES string of the molecule is NC(=S)NN=Cc1nc(-c2ccc(Cl)cc2)n2ccccc12. The number of benzene rings is 1. The van der Waals surface area contributed by atoms with E-state index >= 15 is 0 Å². The lowest BCUT2D eigenvalue weighted by Crippen LogP contribution is -2.24. The van der Waals surface area contributed by atoms with Crippen LogP contribution in [0.25, 0.3) is 16.9 Å². The third-order valence-electron chi connectivity index (χ3n) is 3.04. The van der Waals surface area contributed by atoms with Gasteiger partial charge in [0.25, 0.3) is 0 Å². The molecule has 0 fully saturated rings. The summed E-state index contributed by atoms with van der Waals surface area (Å²) in [4.78, 5) is 4.63. The lowest BCUT2D eigenvalue weighted by atomic mass is 10.2. The van der Waals surface area contributed by atoms with Gasteiger partial charge in [-0.1, -0.05) is 17.7 Å². The van der Waals surface area contributed by atoms with Crippen LogP contribution in [0.2, 0.25) is 5.02 Å². The van der Waals surface area contributed by atoms with Crippen LogP contribution in [0.1, 0.15) is 5.69 Å². The molecule has 0 atom stereocenters. The molecule has 0 amide bonds. The van der Waals surface area contributed by atoms with Crippen LogP contribution in [0.4, 0.5) is 0 Å². The molecule has 0 aliphatic rings. The molecule has 1 aromatic carbocycles. The molecule has 3 aromatic rings. The van der Waals surface area contributed by atoms with E-state index in [1.165, 1.54) is 0 Å². The maximum atomic E-state index is 5.94. The molecule has 0 saturated heterocycles. The Morgan fingerprint density at radius 3 is 2.77 bits per heavy atom.